The number of halogens is 4. The number of carbonyl (C=O) groups is 1. The second-order valence-electron chi connectivity index (χ2n) is 6.92. The number of morpholine rings is 1. The van der Waals surface area contributed by atoms with Crippen LogP contribution in [0.15, 0.2) is 28.8 Å². The molecule has 174 valence electrons. The lowest BCUT2D eigenvalue weighted by atomic mass is 10.3. The minimum absolute atomic E-state index is 0. The molecule has 0 aliphatic carbocycles. The van der Waals surface area contributed by atoms with Crippen LogP contribution in [0.2, 0.25) is 0 Å². The Hall–Kier alpha value is -2.41. The zero-order chi connectivity index (χ0) is 22.0. The minimum Gasteiger partial charge on any atom is -0.406 e. The molecule has 0 saturated carbocycles. The van der Waals surface area contributed by atoms with E-state index in [9.17, 15) is 18.0 Å². The van der Waals surface area contributed by atoms with Gasteiger partial charge in [0.05, 0.1) is 29.1 Å². The average Bonchev–Trinajstić information content (AvgIpc) is 3.33. The predicted octanol–water partition coefficient (Wildman–Crippen LogP) is 3.89. The molecular weight excluding hydrogens is 473 g/mol. The minimum atomic E-state index is -4.79. The largest absolute Gasteiger partial charge is 0.573 e. The summed E-state index contributed by atoms with van der Waals surface area (Å²) in [6, 6.07) is 5.42. The molecule has 1 fully saturated rings. The van der Waals surface area contributed by atoms with E-state index in [1.54, 1.807) is 6.92 Å². The summed E-state index contributed by atoms with van der Waals surface area (Å²) in [5, 5.41) is 4.12. The number of aryl methyl sites for hydroxylation is 1. The summed E-state index contributed by atoms with van der Waals surface area (Å²) in [4.78, 5) is 21.2. The average molecular weight is 493 g/mol. The second-order valence-corrected chi connectivity index (χ2v) is 7.93. The van der Waals surface area contributed by atoms with Crippen LogP contribution < -0.4 is 9.64 Å². The molecule has 13 heteroatoms. The molecule has 3 heterocycles. The van der Waals surface area contributed by atoms with E-state index in [0.29, 0.717) is 47.3 Å². The molecule has 0 N–H and O–H groups in total. The second kappa shape index (κ2) is 10.0. The SMILES string of the molecule is Cc1cc(C(=O)N(CCN2CCOCC2)c2nc3ccc(OC(F)(F)F)cc3s2)on1.Cl. The smallest absolute Gasteiger partial charge is 0.406 e. The zero-order valence-electron chi connectivity index (χ0n) is 16.9. The maximum absolute atomic E-state index is 13.1. The Balaban J connectivity index is 0.00000289. The van der Waals surface area contributed by atoms with Crippen molar-refractivity contribution in [2.45, 2.75) is 13.3 Å². The summed E-state index contributed by atoms with van der Waals surface area (Å²) >= 11 is 1.10. The van der Waals surface area contributed by atoms with Crippen molar-refractivity contribution in [2.24, 2.45) is 0 Å². The van der Waals surface area contributed by atoms with Crippen LogP contribution in [0.4, 0.5) is 18.3 Å². The van der Waals surface area contributed by atoms with Gasteiger partial charge in [-0.15, -0.1) is 25.6 Å². The van der Waals surface area contributed by atoms with E-state index in [1.165, 1.54) is 29.2 Å². The highest BCUT2D eigenvalue weighted by molar-refractivity contribution is 7.22. The van der Waals surface area contributed by atoms with E-state index in [0.717, 1.165) is 24.4 Å². The van der Waals surface area contributed by atoms with Crippen LogP contribution in [0.3, 0.4) is 0 Å². The molecule has 0 bridgehead atoms. The molecule has 1 aliphatic rings. The van der Waals surface area contributed by atoms with Crippen molar-refractivity contribution >= 4 is 45.0 Å². The molecule has 0 atom stereocenters. The Kier molecular flexibility index (Phi) is 7.59. The van der Waals surface area contributed by atoms with Crippen LogP contribution in [0.25, 0.3) is 10.2 Å². The van der Waals surface area contributed by atoms with E-state index in [4.69, 9.17) is 9.26 Å². The number of hydrogen-bond donors (Lipinski definition) is 0. The van der Waals surface area contributed by atoms with Gasteiger partial charge in [0, 0.05) is 38.3 Å². The number of amides is 1. The fourth-order valence-electron chi connectivity index (χ4n) is 3.15. The molecular formula is C19H20ClF3N4O4S. The number of anilines is 1. The Labute approximate surface area is 191 Å². The quantitative estimate of drug-likeness (QED) is 0.516. The molecule has 1 amide bonds. The number of rotatable bonds is 6. The van der Waals surface area contributed by atoms with Crippen molar-refractivity contribution in [2.75, 3.05) is 44.3 Å². The summed E-state index contributed by atoms with van der Waals surface area (Å²) in [5.41, 5.74) is 1.03. The first kappa shape index (κ1) is 24.2. The Morgan fingerprint density at radius 3 is 2.69 bits per heavy atom. The highest BCUT2D eigenvalue weighted by Gasteiger charge is 2.31. The summed E-state index contributed by atoms with van der Waals surface area (Å²) in [6.45, 7) is 5.36. The first-order chi connectivity index (χ1) is 14.8. The van der Waals surface area contributed by atoms with Gasteiger partial charge in [0.1, 0.15) is 5.75 Å². The Morgan fingerprint density at radius 1 is 1.28 bits per heavy atom. The molecule has 1 aromatic carbocycles. The third-order valence-corrected chi connectivity index (χ3v) is 5.68. The van der Waals surface area contributed by atoms with Gasteiger partial charge in [-0.2, -0.15) is 0 Å². The van der Waals surface area contributed by atoms with Crippen LogP contribution >= 0.6 is 23.7 Å². The molecule has 1 aliphatic heterocycles. The summed E-state index contributed by atoms with van der Waals surface area (Å²) < 4.78 is 52.5. The van der Waals surface area contributed by atoms with E-state index < -0.39 is 12.3 Å². The van der Waals surface area contributed by atoms with Crippen molar-refractivity contribution in [1.29, 1.82) is 0 Å². The summed E-state index contributed by atoms with van der Waals surface area (Å²) in [5.74, 6) is -0.688. The monoisotopic (exact) mass is 492 g/mol. The van der Waals surface area contributed by atoms with Crippen LogP contribution in [0.5, 0.6) is 5.75 Å². The van der Waals surface area contributed by atoms with E-state index in [2.05, 4.69) is 19.8 Å². The van der Waals surface area contributed by atoms with Crippen LogP contribution in [0.1, 0.15) is 16.2 Å². The summed E-state index contributed by atoms with van der Waals surface area (Å²) in [7, 11) is 0. The third-order valence-electron chi connectivity index (χ3n) is 4.64. The number of carbonyl (C=O) groups excluding carboxylic acids is 1. The number of aromatic nitrogens is 2. The number of ether oxygens (including phenoxy) is 2. The normalized spacial score (nSPS) is 14.9. The lowest BCUT2D eigenvalue weighted by molar-refractivity contribution is -0.274. The fraction of sp³-hybridized carbons (Fsp3) is 0.421. The van der Waals surface area contributed by atoms with E-state index >= 15 is 0 Å². The molecule has 3 aromatic rings. The van der Waals surface area contributed by atoms with Gasteiger partial charge in [0.25, 0.3) is 5.91 Å². The molecule has 0 radical (unpaired) electrons. The van der Waals surface area contributed by atoms with Gasteiger partial charge >= 0.3 is 6.36 Å². The number of benzene rings is 1. The van der Waals surface area contributed by atoms with Gasteiger partial charge < -0.3 is 14.0 Å². The van der Waals surface area contributed by atoms with Crippen molar-refractivity contribution < 1.29 is 32.0 Å². The van der Waals surface area contributed by atoms with Gasteiger partial charge in [-0.05, 0) is 19.1 Å². The highest BCUT2D eigenvalue weighted by atomic mass is 35.5. The maximum Gasteiger partial charge on any atom is 0.573 e. The molecule has 0 unspecified atom stereocenters. The Bertz CT molecular complexity index is 1070. The lowest BCUT2D eigenvalue weighted by Gasteiger charge is -2.28. The molecule has 0 spiro atoms. The van der Waals surface area contributed by atoms with Crippen molar-refractivity contribution in [1.82, 2.24) is 15.0 Å². The number of thiazole rings is 1. The molecule has 2 aromatic heterocycles. The van der Waals surface area contributed by atoms with Crippen LogP contribution in [0, 0.1) is 6.92 Å². The van der Waals surface area contributed by atoms with E-state index in [-0.39, 0.29) is 23.9 Å². The molecule has 32 heavy (non-hydrogen) atoms. The predicted molar refractivity (Wildman–Crippen MR) is 114 cm³/mol. The van der Waals surface area contributed by atoms with Crippen molar-refractivity contribution in [3.05, 3.63) is 35.7 Å². The van der Waals surface area contributed by atoms with Gasteiger partial charge in [-0.1, -0.05) is 16.5 Å². The molecule has 4 rings (SSSR count). The summed E-state index contributed by atoms with van der Waals surface area (Å²) in [6.07, 6.45) is -4.79. The van der Waals surface area contributed by atoms with Crippen molar-refractivity contribution in [3.8, 4) is 5.75 Å². The third kappa shape index (κ3) is 5.88. The molecule has 1 saturated heterocycles. The first-order valence-corrected chi connectivity index (χ1v) is 10.3. The van der Waals surface area contributed by atoms with Gasteiger partial charge in [0.2, 0.25) is 5.76 Å². The number of nitrogens with zero attached hydrogens (tertiary/aromatic N) is 4. The number of alkyl halides is 3. The maximum atomic E-state index is 13.1. The van der Waals surface area contributed by atoms with Crippen LogP contribution in [-0.2, 0) is 4.74 Å². The van der Waals surface area contributed by atoms with Crippen LogP contribution in [-0.4, -0.2) is 66.7 Å². The molecule has 8 nitrogen and oxygen atoms in total. The first-order valence-electron chi connectivity index (χ1n) is 9.50. The van der Waals surface area contributed by atoms with Gasteiger partial charge in [-0.3, -0.25) is 14.6 Å². The topological polar surface area (TPSA) is 80.9 Å². The van der Waals surface area contributed by atoms with E-state index in [1.807, 2.05) is 0 Å². The fourth-order valence-corrected chi connectivity index (χ4v) is 4.17. The standard InChI is InChI=1S/C19H19F3N4O4S.ClH/c1-12-10-15(30-24-12)17(27)26(5-4-25-6-8-28-9-7-25)18-23-14-3-2-13(11-16(14)31-18)29-19(20,21)22;/h2-3,10-11H,4-9H2,1H3;1H. The Morgan fingerprint density at radius 2 is 2.03 bits per heavy atom. The van der Waals surface area contributed by atoms with Crippen molar-refractivity contribution in [3.63, 3.8) is 0 Å². The number of fused-ring (bicyclic) bond motifs is 1. The van der Waals surface area contributed by atoms with Gasteiger partial charge in [-0.25, -0.2) is 4.98 Å². The number of hydrogen-bond acceptors (Lipinski definition) is 8. The van der Waals surface area contributed by atoms with Gasteiger partial charge in [0.15, 0.2) is 5.13 Å². The lowest BCUT2D eigenvalue weighted by Crippen LogP contribution is -2.43. The zero-order valence-corrected chi connectivity index (χ0v) is 18.6. The highest BCUT2D eigenvalue weighted by Crippen LogP contribution is 2.34.